The Labute approximate surface area is 192 Å². The molecule has 0 saturated heterocycles. The van der Waals surface area contributed by atoms with E-state index in [-0.39, 0.29) is 27.6 Å². The number of nitrogens with zero attached hydrogens (tertiary/aromatic N) is 2. The summed E-state index contributed by atoms with van der Waals surface area (Å²) in [7, 11) is -1.73. The van der Waals surface area contributed by atoms with Crippen LogP contribution < -0.4 is 14.8 Å². The number of pyridine rings is 1. The first-order chi connectivity index (χ1) is 15.9. The number of carbonyl (C=O) groups is 1. The predicted octanol–water partition coefficient (Wildman–Crippen LogP) is 5.06. The van der Waals surface area contributed by atoms with Gasteiger partial charge >= 0.3 is 6.18 Å². The number of hydrogen-bond acceptors (Lipinski definition) is 7. The number of methoxy groups -OCH3 is 1. The lowest BCUT2D eigenvalue weighted by Crippen LogP contribution is -2.16. The van der Waals surface area contributed by atoms with Crippen LogP contribution in [0.1, 0.15) is 21.5 Å². The van der Waals surface area contributed by atoms with Crippen LogP contribution in [0.25, 0.3) is 0 Å². The van der Waals surface area contributed by atoms with E-state index in [4.69, 9.17) is 19.5 Å². The highest BCUT2D eigenvalue weighted by Gasteiger charge is 2.33. The maximum absolute atomic E-state index is 13.3. The van der Waals surface area contributed by atoms with Crippen LogP contribution in [0.3, 0.4) is 0 Å². The largest absolute Gasteiger partial charge is 0.497 e. The van der Waals surface area contributed by atoms with Gasteiger partial charge < -0.3 is 14.8 Å². The summed E-state index contributed by atoms with van der Waals surface area (Å²) in [4.78, 5) is 16.7. The van der Waals surface area contributed by atoms with E-state index in [2.05, 4.69) is 10.3 Å². The summed E-state index contributed by atoms with van der Waals surface area (Å²) >= 11 is 0. The zero-order valence-corrected chi connectivity index (χ0v) is 18.6. The lowest BCUT2D eigenvalue weighted by atomic mass is 10.1. The number of anilines is 1. The summed E-state index contributed by atoms with van der Waals surface area (Å²) < 4.78 is 70.1. The Balaban J connectivity index is 2.03. The molecule has 1 unspecified atom stereocenters. The molecule has 0 radical (unpaired) electrons. The fraction of sp³-hybridized carbons (Fsp3) is 0.136. The third kappa shape index (κ3) is 5.81. The van der Waals surface area contributed by atoms with Crippen molar-refractivity contribution in [1.82, 2.24) is 4.98 Å². The Morgan fingerprint density at radius 2 is 1.88 bits per heavy atom. The molecule has 0 aliphatic rings. The molecular formula is C22H17F3N4O4S. The molecule has 3 rings (SSSR count). The van der Waals surface area contributed by atoms with E-state index in [0.717, 1.165) is 0 Å². The zero-order valence-electron chi connectivity index (χ0n) is 17.8. The molecule has 8 nitrogen and oxygen atoms in total. The van der Waals surface area contributed by atoms with Crippen LogP contribution in [0, 0.1) is 16.1 Å². The van der Waals surface area contributed by atoms with Gasteiger partial charge in [-0.15, -0.1) is 0 Å². The van der Waals surface area contributed by atoms with Crippen LogP contribution in [0.2, 0.25) is 0 Å². The number of ether oxygens (including phenoxy) is 2. The second kappa shape index (κ2) is 9.40. The maximum Gasteiger partial charge on any atom is 0.417 e. The standard InChI is InChI=1S/C22H17F3N4O4S/c1-32-16-6-13(11-26)7-17(10-16)33-21-19(8-14(12-28-21)22(23,24)25)20(30)29-15-4-3-5-18(9-15)34(2,27)31/h3-10,12,27H,1-2H3,(H,29,30). The lowest BCUT2D eigenvalue weighted by molar-refractivity contribution is -0.137. The smallest absolute Gasteiger partial charge is 0.417 e. The van der Waals surface area contributed by atoms with Gasteiger partial charge in [-0.3, -0.25) is 4.79 Å². The van der Waals surface area contributed by atoms with Gasteiger partial charge in [0.25, 0.3) is 5.91 Å². The Bertz CT molecular complexity index is 1400. The van der Waals surface area contributed by atoms with E-state index in [1.54, 1.807) is 0 Å². The number of hydrogen-bond donors (Lipinski definition) is 2. The molecule has 1 heterocycles. The maximum atomic E-state index is 13.3. The minimum atomic E-state index is -4.77. The third-order valence-electron chi connectivity index (χ3n) is 4.42. The van der Waals surface area contributed by atoms with Gasteiger partial charge in [-0.25, -0.2) is 14.0 Å². The highest BCUT2D eigenvalue weighted by Crippen LogP contribution is 2.34. The van der Waals surface area contributed by atoms with Crippen LogP contribution >= 0.6 is 0 Å². The molecule has 0 aliphatic carbocycles. The molecule has 0 fully saturated rings. The number of rotatable bonds is 6. The molecule has 0 spiro atoms. The van der Waals surface area contributed by atoms with E-state index in [1.807, 2.05) is 6.07 Å². The second-order valence-corrected chi connectivity index (χ2v) is 9.17. The Morgan fingerprint density at radius 1 is 1.18 bits per heavy atom. The normalized spacial score (nSPS) is 12.8. The zero-order chi connectivity index (χ0) is 25.1. The molecule has 2 aromatic carbocycles. The molecule has 12 heteroatoms. The predicted molar refractivity (Wildman–Crippen MR) is 116 cm³/mol. The number of aromatic nitrogens is 1. The first-order valence-corrected chi connectivity index (χ1v) is 11.4. The highest BCUT2D eigenvalue weighted by molar-refractivity contribution is 7.91. The topological polar surface area (TPSA) is 125 Å². The molecule has 0 bridgehead atoms. The van der Waals surface area contributed by atoms with Gasteiger partial charge in [0, 0.05) is 29.1 Å². The van der Waals surface area contributed by atoms with Gasteiger partial charge in [0.1, 0.15) is 17.1 Å². The lowest BCUT2D eigenvalue weighted by Gasteiger charge is -2.14. The number of nitrogens with one attached hydrogen (secondary N) is 2. The van der Waals surface area contributed by atoms with Gasteiger partial charge in [-0.2, -0.15) is 18.4 Å². The Hall–Kier alpha value is -4.11. The number of amides is 1. The first kappa shape index (κ1) is 24.5. The SMILES string of the molecule is COc1cc(C#N)cc(Oc2ncc(C(F)(F)F)cc2C(=O)Nc2cccc(S(C)(=N)=O)c2)c1. The number of halogens is 3. The van der Waals surface area contributed by atoms with E-state index in [9.17, 15) is 22.2 Å². The van der Waals surface area contributed by atoms with Crippen molar-refractivity contribution in [2.45, 2.75) is 11.1 Å². The molecule has 1 aromatic heterocycles. The quantitative estimate of drug-likeness (QED) is 0.498. The average molecular weight is 490 g/mol. The van der Waals surface area contributed by atoms with Crippen LogP contribution in [0.15, 0.2) is 59.6 Å². The minimum absolute atomic E-state index is 0.0131. The fourth-order valence-corrected chi connectivity index (χ4v) is 3.48. The van der Waals surface area contributed by atoms with Gasteiger partial charge in [0.15, 0.2) is 0 Å². The molecule has 1 amide bonds. The molecule has 176 valence electrons. The monoisotopic (exact) mass is 490 g/mol. The highest BCUT2D eigenvalue weighted by atomic mass is 32.2. The summed E-state index contributed by atoms with van der Waals surface area (Å²) in [5.74, 6) is -1.17. The molecule has 0 saturated carbocycles. The number of benzene rings is 2. The van der Waals surface area contributed by atoms with Crippen molar-refractivity contribution in [3.8, 4) is 23.4 Å². The molecule has 2 N–H and O–H groups in total. The molecule has 1 atom stereocenters. The number of nitriles is 1. The summed E-state index contributed by atoms with van der Waals surface area (Å²) in [6, 6.07) is 12.2. The summed E-state index contributed by atoms with van der Waals surface area (Å²) in [6.07, 6.45) is -3.06. The average Bonchev–Trinajstić information content (AvgIpc) is 2.77. The van der Waals surface area contributed by atoms with Gasteiger partial charge in [0.2, 0.25) is 5.88 Å². The van der Waals surface area contributed by atoms with E-state index in [1.165, 1.54) is 55.8 Å². The van der Waals surface area contributed by atoms with Crippen LogP contribution in [-0.2, 0) is 15.9 Å². The van der Waals surface area contributed by atoms with Gasteiger partial charge in [-0.05, 0) is 36.4 Å². The van der Waals surface area contributed by atoms with Crippen molar-refractivity contribution in [1.29, 1.82) is 10.0 Å². The molecular weight excluding hydrogens is 473 g/mol. The number of alkyl halides is 3. The van der Waals surface area contributed by atoms with Gasteiger partial charge in [0.05, 0.1) is 34.0 Å². The molecule has 34 heavy (non-hydrogen) atoms. The van der Waals surface area contributed by atoms with Crippen molar-refractivity contribution < 1.29 is 31.6 Å². The van der Waals surface area contributed by atoms with E-state index >= 15 is 0 Å². The summed E-state index contributed by atoms with van der Waals surface area (Å²) in [5.41, 5.74) is -1.45. The van der Waals surface area contributed by atoms with Gasteiger partial charge in [-0.1, -0.05) is 6.07 Å². The van der Waals surface area contributed by atoms with E-state index < -0.39 is 38.8 Å². The summed E-state index contributed by atoms with van der Waals surface area (Å²) in [6.45, 7) is 0. The minimum Gasteiger partial charge on any atom is -0.497 e. The summed E-state index contributed by atoms with van der Waals surface area (Å²) in [5, 5.41) is 11.6. The van der Waals surface area contributed by atoms with E-state index in [0.29, 0.717) is 12.3 Å². The van der Waals surface area contributed by atoms with Crippen molar-refractivity contribution in [2.75, 3.05) is 18.7 Å². The molecule has 3 aromatic rings. The van der Waals surface area contributed by atoms with Crippen molar-refractivity contribution >= 4 is 21.3 Å². The van der Waals surface area contributed by atoms with Crippen LogP contribution in [-0.4, -0.2) is 28.5 Å². The second-order valence-electron chi connectivity index (χ2n) is 7.01. The third-order valence-corrected chi connectivity index (χ3v) is 5.58. The Morgan fingerprint density at radius 3 is 2.50 bits per heavy atom. The van der Waals surface area contributed by atoms with Crippen LogP contribution in [0.4, 0.5) is 18.9 Å². The van der Waals surface area contributed by atoms with Crippen molar-refractivity contribution in [2.24, 2.45) is 0 Å². The fourth-order valence-electron chi connectivity index (χ4n) is 2.79. The first-order valence-electron chi connectivity index (χ1n) is 9.40. The number of carbonyl (C=O) groups excluding carboxylic acids is 1. The molecule has 0 aliphatic heterocycles. The van der Waals surface area contributed by atoms with Crippen molar-refractivity contribution in [3.05, 3.63) is 71.4 Å². The van der Waals surface area contributed by atoms with Crippen molar-refractivity contribution in [3.63, 3.8) is 0 Å². The Kier molecular flexibility index (Phi) is 6.78. The van der Waals surface area contributed by atoms with Crippen LogP contribution in [0.5, 0.6) is 17.4 Å².